The van der Waals surface area contributed by atoms with Gasteiger partial charge >= 0.3 is 0 Å². The molecule has 2 saturated carbocycles. The van der Waals surface area contributed by atoms with Gasteiger partial charge in [0.05, 0.1) is 17.5 Å². The molecular weight excluding hydrogens is 344 g/mol. The first-order valence-electron chi connectivity index (χ1n) is 8.92. The minimum atomic E-state index is -2.96. The van der Waals surface area contributed by atoms with Crippen molar-refractivity contribution in [3.8, 4) is 0 Å². The number of rotatable bonds is 1. The Labute approximate surface area is 148 Å². The maximum atomic E-state index is 12.4. The average molecular weight is 371 g/mol. The predicted molar refractivity (Wildman–Crippen MR) is 96.8 cm³/mol. The van der Waals surface area contributed by atoms with Gasteiger partial charge in [-0.15, -0.1) is 0 Å². The Morgan fingerprint density at radius 1 is 1.17 bits per heavy atom. The first-order valence-corrected chi connectivity index (χ1v) is 11.6. The second kappa shape index (κ2) is 5.47. The molecule has 1 amide bonds. The van der Waals surface area contributed by atoms with Crippen molar-refractivity contribution in [2.75, 3.05) is 11.5 Å². The molecule has 4 fully saturated rings. The van der Waals surface area contributed by atoms with Crippen LogP contribution in [0.1, 0.15) is 46.5 Å². The number of hydrogen-bond acceptors (Lipinski definition) is 4. The van der Waals surface area contributed by atoms with Crippen LogP contribution in [0.4, 0.5) is 0 Å². The highest BCUT2D eigenvalue weighted by Crippen LogP contribution is 2.51. The van der Waals surface area contributed by atoms with Crippen molar-refractivity contribution >= 4 is 32.7 Å². The van der Waals surface area contributed by atoms with E-state index < -0.39 is 15.3 Å². The third kappa shape index (κ3) is 2.81. The van der Waals surface area contributed by atoms with Crippen LogP contribution in [-0.4, -0.2) is 53.2 Å². The van der Waals surface area contributed by atoms with E-state index in [-0.39, 0.29) is 28.7 Å². The molecule has 2 saturated heterocycles. The summed E-state index contributed by atoms with van der Waals surface area (Å²) in [4.78, 5) is 19.2. The highest BCUT2D eigenvalue weighted by atomic mass is 32.2. The van der Waals surface area contributed by atoms with E-state index in [1.165, 1.54) is 31.0 Å². The lowest BCUT2D eigenvalue weighted by Gasteiger charge is -2.36. The lowest BCUT2D eigenvalue weighted by Crippen LogP contribution is -2.47. The summed E-state index contributed by atoms with van der Waals surface area (Å²) >= 11 is 1.53. The first-order chi connectivity index (χ1) is 11.1. The molecule has 4 aliphatic rings. The third-order valence-electron chi connectivity index (χ3n) is 6.00. The van der Waals surface area contributed by atoms with Crippen LogP contribution in [0.3, 0.4) is 0 Å². The number of hydrogen-bond donors (Lipinski definition) is 0. The molecule has 0 unspecified atom stereocenters. The molecule has 0 aromatic heterocycles. The molecule has 5 atom stereocenters. The molecule has 2 aliphatic heterocycles. The maximum absolute atomic E-state index is 12.4. The molecular formula is C17H26N2O3S2. The largest absolute Gasteiger partial charge is 0.343 e. The van der Waals surface area contributed by atoms with Gasteiger partial charge in [0.25, 0.3) is 5.91 Å². The van der Waals surface area contributed by atoms with Crippen LogP contribution >= 0.6 is 11.8 Å². The molecule has 2 bridgehead atoms. The Morgan fingerprint density at radius 3 is 2.50 bits per heavy atom. The Bertz CT molecular complexity index is 695. The van der Waals surface area contributed by atoms with Crippen molar-refractivity contribution in [1.29, 1.82) is 0 Å². The van der Waals surface area contributed by atoms with Gasteiger partial charge < -0.3 is 4.90 Å². The Kier molecular flexibility index (Phi) is 3.85. The lowest BCUT2D eigenvalue weighted by molar-refractivity contribution is -0.124. The van der Waals surface area contributed by atoms with Crippen LogP contribution in [0.25, 0.3) is 0 Å². The van der Waals surface area contributed by atoms with Gasteiger partial charge in [-0.25, -0.2) is 8.42 Å². The lowest BCUT2D eigenvalue weighted by atomic mass is 9.93. The maximum Gasteiger partial charge on any atom is 0.253 e. The number of amidine groups is 1. The second-order valence-electron chi connectivity index (χ2n) is 8.90. The molecule has 24 heavy (non-hydrogen) atoms. The zero-order valence-corrected chi connectivity index (χ0v) is 16.2. The van der Waals surface area contributed by atoms with Crippen LogP contribution < -0.4 is 0 Å². The smallest absolute Gasteiger partial charge is 0.253 e. The molecule has 7 heteroatoms. The number of fused-ring (bicyclic) bond motifs is 3. The fourth-order valence-electron chi connectivity index (χ4n) is 4.79. The SMILES string of the molecule is CC(C)(C)C(=O)N=C1S[C@@H]2CS(=O)(=O)C[C@H]2N1[C@@H]1C[C@@H]2CC[C@@H]1C2. The highest BCUT2D eigenvalue weighted by Gasteiger charge is 2.54. The van der Waals surface area contributed by atoms with Gasteiger partial charge in [-0.1, -0.05) is 39.0 Å². The normalized spacial score (nSPS) is 42.0. The van der Waals surface area contributed by atoms with E-state index in [0.717, 1.165) is 17.5 Å². The van der Waals surface area contributed by atoms with Crippen LogP contribution in [0.5, 0.6) is 0 Å². The molecule has 0 spiro atoms. The van der Waals surface area contributed by atoms with E-state index in [0.29, 0.717) is 12.0 Å². The summed E-state index contributed by atoms with van der Waals surface area (Å²) in [5.41, 5.74) is -0.502. The van der Waals surface area contributed by atoms with Crippen molar-refractivity contribution in [2.45, 2.75) is 63.8 Å². The van der Waals surface area contributed by atoms with Gasteiger partial charge in [0, 0.05) is 16.7 Å². The van der Waals surface area contributed by atoms with Gasteiger partial charge in [-0.05, 0) is 31.1 Å². The van der Waals surface area contributed by atoms with Crippen molar-refractivity contribution in [3.63, 3.8) is 0 Å². The summed E-state index contributed by atoms with van der Waals surface area (Å²) in [7, 11) is -2.96. The monoisotopic (exact) mass is 370 g/mol. The highest BCUT2D eigenvalue weighted by molar-refractivity contribution is 8.15. The van der Waals surface area contributed by atoms with Crippen LogP contribution in [0.15, 0.2) is 4.99 Å². The molecule has 0 aromatic carbocycles. The number of sulfone groups is 1. The van der Waals surface area contributed by atoms with E-state index in [2.05, 4.69) is 9.89 Å². The van der Waals surface area contributed by atoms with Crippen LogP contribution in [0.2, 0.25) is 0 Å². The van der Waals surface area contributed by atoms with E-state index in [4.69, 9.17) is 0 Å². The molecule has 0 N–H and O–H groups in total. The third-order valence-corrected chi connectivity index (χ3v) is 9.23. The topological polar surface area (TPSA) is 66.8 Å². The summed E-state index contributed by atoms with van der Waals surface area (Å²) in [5, 5.41) is 0.831. The van der Waals surface area contributed by atoms with E-state index in [9.17, 15) is 13.2 Å². The molecule has 2 aliphatic carbocycles. The van der Waals surface area contributed by atoms with Crippen molar-refractivity contribution in [1.82, 2.24) is 4.90 Å². The molecule has 0 radical (unpaired) electrons. The zero-order valence-electron chi connectivity index (χ0n) is 14.6. The number of carbonyl (C=O) groups is 1. The second-order valence-corrected chi connectivity index (χ2v) is 12.3. The standard InChI is InChI=1S/C17H26N2O3S2/c1-17(2,3)15(20)18-16-19(12-7-10-4-5-11(12)6-10)13-8-24(21,22)9-14(13)23-16/h10-14H,4-9H2,1-3H3/t10-,11-,12-,13-,14-/m1/s1. The zero-order chi connectivity index (χ0) is 17.3. The number of carbonyl (C=O) groups excluding carboxylic acids is 1. The van der Waals surface area contributed by atoms with Crippen molar-refractivity contribution < 1.29 is 13.2 Å². The van der Waals surface area contributed by atoms with Gasteiger partial charge in [0.15, 0.2) is 15.0 Å². The predicted octanol–water partition coefficient (Wildman–Crippen LogP) is 2.32. The fraction of sp³-hybridized carbons (Fsp3) is 0.882. The summed E-state index contributed by atoms with van der Waals surface area (Å²) in [6.45, 7) is 5.64. The van der Waals surface area contributed by atoms with Gasteiger partial charge in [-0.2, -0.15) is 4.99 Å². The Balaban J connectivity index is 1.66. The minimum absolute atomic E-state index is 0.0101. The molecule has 2 heterocycles. The average Bonchev–Trinajstić information content (AvgIpc) is 3.16. The summed E-state index contributed by atoms with van der Waals surface area (Å²) in [6.07, 6.45) is 4.94. The molecule has 5 nitrogen and oxygen atoms in total. The van der Waals surface area contributed by atoms with Gasteiger partial charge in [0.1, 0.15) is 0 Å². The van der Waals surface area contributed by atoms with Gasteiger partial charge in [0.2, 0.25) is 0 Å². The van der Waals surface area contributed by atoms with Crippen LogP contribution in [0, 0.1) is 17.3 Å². The van der Waals surface area contributed by atoms with E-state index >= 15 is 0 Å². The Morgan fingerprint density at radius 2 is 1.92 bits per heavy atom. The Hall–Kier alpha value is -0.560. The quantitative estimate of drug-likeness (QED) is 0.709. The van der Waals surface area contributed by atoms with E-state index in [1.807, 2.05) is 20.8 Å². The fourth-order valence-corrected chi connectivity index (χ4v) is 8.76. The summed E-state index contributed by atoms with van der Waals surface area (Å²) in [5.74, 6) is 1.76. The van der Waals surface area contributed by atoms with Gasteiger partial charge in [-0.3, -0.25) is 4.79 Å². The summed E-state index contributed by atoms with van der Waals surface area (Å²) in [6, 6.07) is 0.391. The van der Waals surface area contributed by atoms with Crippen LogP contribution in [-0.2, 0) is 14.6 Å². The van der Waals surface area contributed by atoms with Crippen molar-refractivity contribution in [3.05, 3.63) is 0 Å². The first kappa shape index (κ1) is 16.9. The number of thioether (sulfide) groups is 1. The molecule has 0 aromatic rings. The summed E-state index contributed by atoms with van der Waals surface area (Å²) < 4.78 is 24.2. The molecule has 134 valence electrons. The minimum Gasteiger partial charge on any atom is -0.343 e. The number of nitrogens with zero attached hydrogens (tertiary/aromatic N) is 2. The molecule has 4 rings (SSSR count). The van der Waals surface area contributed by atoms with E-state index in [1.54, 1.807) is 0 Å². The van der Waals surface area contributed by atoms with Crippen molar-refractivity contribution in [2.24, 2.45) is 22.2 Å². The number of aliphatic imine (C=N–C) groups is 1. The number of amides is 1.